The molecule has 8 heteroatoms. The average Bonchev–Trinajstić information content (AvgIpc) is 2.91. The predicted molar refractivity (Wildman–Crippen MR) is 67.3 cm³/mol. The summed E-state index contributed by atoms with van der Waals surface area (Å²) >= 11 is 1.25. The summed E-state index contributed by atoms with van der Waals surface area (Å²) in [5.41, 5.74) is 1.54. The van der Waals surface area contributed by atoms with E-state index in [0.717, 1.165) is 13.0 Å². The topological polar surface area (TPSA) is 87.2 Å². The van der Waals surface area contributed by atoms with Crippen LogP contribution in [0.1, 0.15) is 19.8 Å². The summed E-state index contributed by atoms with van der Waals surface area (Å²) in [5, 5.41) is 13.1. The smallest absolute Gasteiger partial charge is 0.321 e. The molecule has 2 N–H and O–H groups in total. The van der Waals surface area contributed by atoms with E-state index in [1.54, 1.807) is 10.4 Å². The van der Waals surface area contributed by atoms with Gasteiger partial charge in [-0.25, -0.2) is 4.79 Å². The second kappa shape index (κ2) is 5.76. The SMILES string of the molecule is C[C@@H](CN1CCCC1=O)NC(=O)Nc1nncs1. The highest BCUT2D eigenvalue weighted by Gasteiger charge is 2.22. The maximum Gasteiger partial charge on any atom is 0.321 e. The van der Waals surface area contributed by atoms with Gasteiger partial charge in [-0.05, 0) is 13.3 Å². The monoisotopic (exact) mass is 269 g/mol. The highest BCUT2D eigenvalue weighted by Crippen LogP contribution is 2.10. The van der Waals surface area contributed by atoms with Crippen molar-refractivity contribution in [2.24, 2.45) is 0 Å². The molecule has 98 valence electrons. The zero-order valence-corrected chi connectivity index (χ0v) is 10.9. The second-order valence-corrected chi connectivity index (χ2v) is 5.02. The van der Waals surface area contributed by atoms with Crippen LogP contribution >= 0.6 is 11.3 Å². The number of carbonyl (C=O) groups excluding carboxylic acids is 2. The Morgan fingerprint density at radius 3 is 3.11 bits per heavy atom. The van der Waals surface area contributed by atoms with Crippen LogP contribution in [-0.2, 0) is 4.79 Å². The van der Waals surface area contributed by atoms with E-state index in [-0.39, 0.29) is 18.0 Å². The summed E-state index contributed by atoms with van der Waals surface area (Å²) in [6.07, 6.45) is 1.52. The first-order chi connectivity index (χ1) is 8.65. The molecule has 0 spiro atoms. The van der Waals surface area contributed by atoms with Crippen molar-refractivity contribution in [3.63, 3.8) is 0 Å². The van der Waals surface area contributed by atoms with Crippen LogP contribution in [0.4, 0.5) is 9.93 Å². The second-order valence-electron chi connectivity index (χ2n) is 4.19. The fraction of sp³-hybridized carbons (Fsp3) is 0.600. The summed E-state index contributed by atoms with van der Waals surface area (Å²) in [6.45, 7) is 3.19. The predicted octanol–water partition coefficient (Wildman–Crippen LogP) is 0.670. The van der Waals surface area contributed by atoms with Gasteiger partial charge in [-0.2, -0.15) is 0 Å². The molecule has 1 aromatic heterocycles. The number of amides is 3. The van der Waals surface area contributed by atoms with Crippen molar-refractivity contribution in [3.05, 3.63) is 5.51 Å². The maximum absolute atomic E-state index is 11.6. The van der Waals surface area contributed by atoms with Crippen LogP contribution in [0.2, 0.25) is 0 Å². The standard InChI is InChI=1S/C10H15N5O2S/c1-7(5-15-4-2-3-8(15)16)12-9(17)13-10-14-11-6-18-10/h6-7H,2-5H2,1H3,(H2,12,13,14,17)/t7-/m0/s1. The Hall–Kier alpha value is -1.70. The van der Waals surface area contributed by atoms with Crippen LogP contribution in [0, 0.1) is 0 Å². The molecule has 0 bridgehead atoms. The van der Waals surface area contributed by atoms with Crippen molar-refractivity contribution in [2.75, 3.05) is 18.4 Å². The van der Waals surface area contributed by atoms with Gasteiger partial charge in [0.15, 0.2) is 0 Å². The lowest BCUT2D eigenvalue weighted by molar-refractivity contribution is -0.127. The zero-order valence-electron chi connectivity index (χ0n) is 10.0. The van der Waals surface area contributed by atoms with Gasteiger partial charge in [-0.1, -0.05) is 11.3 Å². The van der Waals surface area contributed by atoms with Crippen molar-refractivity contribution >= 4 is 28.4 Å². The van der Waals surface area contributed by atoms with Crippen LogP contribution in [0.15, 0.2) is 5.51 Å². The fourth-order valence-electron chi connectivity index (χ4n) is 1.86. The summed E-state index contributed by atoms with van der Waals surface area (Å²) < 4.78 is 0. The maximum atomic E-state index is 11.6. The number of hydrogen-bond donors (Lipinski definition) is 2. The number of rotatable bonds is 4. The van der Waals surface area contributed by atoms with Crippen LogP contribution in [0.25, 0.3) is 0 Å². The number of hydrogen-bond acceptors (Lipinski definition) is 5. The number of nitrogens with one attached hydrogen (secondary N) is 2. The molecule has 1 aliphatic rings. The number of carbonyl (C=O) groups is 2. The van der Waals surface area contributed by atoms with E-state index in [1.165, 1.54) is 11.3 Å². The quantitative estimate of drug-likeness (QED) is 0.841. The molecule has 3 amide bonds. The van der Waals surface area contributed by atoms with E-state index >= 15 is 0 Å². The highest BCUT2D eigenvalue weighted by atomic mass is 32.1. The van der Waals surface area contributed by atoms with Crippen LogP contribution in [0.5, 0.6) is 0 Å². The Kier molecular flexibility index (Phi) is 4.08. The summed E-state index contributed by atoms with van der Waals surface area (Å²) in [5.74, 6) is 0.160. The molecule has 7 nitrogen and oxygen atoms in total. The van der Waals surface area contributed by atoms with E-state index in [2.05, 4.69) is 20.8 Å². The Labute approximate surface area is 109 Å². The number of anilines is 1. The van der Waals surface area contributed by atoms with Gasteiger partial charge >= 0.3 is 6.03 Å². The molecule has 0 radical (unpaired) electrons. The average molecular weight is 269 g/mol. The summed E-state index contributed by atoms with van der Waals surface area (Å²) in [6, 6.07) is -0.425. The van der Waals surface area contributed by atoms with Gasteiger partial charge in [0.1, 0.15) is 5.51 Å². The normalized spacial score (nSPS) is 16.7. The molecule has 1 aliphatic heterocycles. The molecule has 2 rings (SSSR count). The van der Waals surface area contributed by atoms with Crippen LogP contribution in [-0.4, -0.2) is 46.2 Å². The summed E-state index contributed by atoms with van der Waals surface area (Å²) in [7, 11) is 0. The minimum absolute atomic E-state index is 0.0972. The molecule has 0 aliphatic carbocycles. The minimum Gasteiger partial charge on any atom is -0.341 e. The number of nitrogens with zero attached hydrogens (tertiary/aromatic N) is 3. The number of likely N-dealkylation sites (tertiary alicyclic amines) is 1. The van der Waals surface area contributed by atoms with Crippen LogP contribution in [0.3, 0.4) is 0 Å². The molecule has 2 heterocycles. The van der Waals surface area contributed by atoms with E-state index in [0.29, 0.717) is 18.1 Å². The van der Waals surface area contributed by atoms with Gasteiger partial charge in [0, 0.05) is 25.6 Å². The third-order valence-corrected chi connectivity index (χ3v) is 3.23. The highest BCUT2D eigenvalue weighted by molar-refractivity contribution is 7.13. The van der Waals surface area contributed by atoms with Crippen molar-refractivity contribution in [1.29, 1.82) is 0 Å². The van der Waals surface area contributed by atoms with E-state index < -0.39 is 0 Å². The fourth-order valence-corrected chi connectivity index (χ4v) is 2.30. The molecule has 0 aromatic carbocycles. The Bertz CT molecular complexity index is 422. The van der Waals surface area contributed by atoms with Gasteiger partial charge in [0.05, 0.1) is 0 Å². The molecule has 1 atom stereocenters. The Morgan fingerprint density at radius 1 is 1.67 bits per heavy atom. The van der Waals surface area contributed by atoms with Crippen molar-refractivity contribution in [3.8, 4) is 0 Å². The lowest BCUT2D eigenvalue weighted by atomic mass is 10.3. The molecule has 1 fully saturated rings. The van der Waals surface area contributed by atoms with E-state index in [1.807, 2.05) is 6.92 Å². The lowest BCUT2D eigenvalue weighted by Gasteiger charge is -2.21. The molecule has 0 saturated carbocycles. The van der Waals surface area contributed by atoms with Gasteiger partial charge < -0.3 is 10.2 Å². The number of aromatic nitrogens is 2. The Balaban J connectivity index is 1.75. The Morgan fingerprint density at radius 2 is 2.50 bits per heavy atom. The first-order valence-electron chi connectivity index (χ1n) is 5.76. The third kappa shape index (κ3) is 3.39. The van der Waals surface area contributed by atoms with Gasteiger partial charge in [0.25, 0.3) is 0 Å². The molecular formula is C10H15N5O2S. The number of urea groups is 1. The van der Waals surface area contributed by atoms with Gasteiger partial charge in [-0.15, -0.1) is 10.2 Å². The van der Waals surface area contributed by atoms with Crippen LogP contribution < -0.4 is 10.6 Å². The van der Waals surface area contributed by atoms with E-state index in [4.69, 9.17) is 0 Å². The molecule has 1 saturated heterocycles. The van der Waals surface area contributed by atoms with E-state index in [9.17, 15) is 9.59 Å². The van der Waals surface area contributed by atoms with Crippen molar-refractivity contribution in [2.45, 2.75) is 25.8 Å². The first kappa shape index (κ1) is 12.7. The molecular weight excluding hydrogens is 254 g/mol. The summed E-state index contributed by atoms with van der Waals surface area (Å²) in [4.78, 5) is 24.8. The lowest BCUT2D eigenvalue weighted by Crippen LogP contribution is -2.44. The van der Waals surface area contributed by atoms with Gasteiger partial charge in [-0.3, -0.25) is 10.1 Å². The van der Waals surface area contributed by atoms with Crippen molar-refractivity contribution < 1.29 is 9.59 Å². The minimum atomic E-state index is -0.328. The molecule has 0 unspecified atom stereocenters. The zero-order chi connectivity index (χ0) is 13.0. The molecule has 1 aromatic rings. The third-order valence-electron chi connectivity index (χ3n) is 2.62. The molecule has 18 heavy (non-hydrogen) atoms. The largest absolute Gasteiger partial charge is 0.341 e. The first-order valence-corrected chi connectivity index (χ1v) is 6.64. The van der Waals surface area contributed by atoms with Gasteiger partial charge in [0.2, 0.25) is 11.0 Å². The van der Waals surface area contributed by atoms with Crippen molar-refractivity contribution in [1.82, 2.24) is 20.4 Å².